The molecule has 23 heavy (non-hydrogen) atoms. The third kappa shape index (κ3) is 5.31. The second-order valence-corrected chi connectivity index (χ2v) is 5.67. The number of rotatable bonds is 7. The minimum atomic E-state index is -0.483. The minimum Gasteiger partial charge on any atom is -0.334 e. The fourth-order valence-corrected chi connectivity index (χ4v) is 2.75. The third-order valence-corrected chi connectivity index (χ3v) is 4.03. The summed E-state index contributed by atoms with van der Waals surface area (Å²) in [4.78, 5) is 24.5. The molecule has 1 amide bonds. The molecule has 2 aromatic rings. The average Bonchev–Trinajstić information content (AvgIpc) is 3.02. The third-order valence-electron chi connectivity index (χ3n) is 3.15. The van der Waals surface area contributed by atoms with Crippen LogP contribution in [-0.2, 0) is 6.54 Å². The molecule has 0 atom stereocenters. The smallest absolute Gasteiger partial charge is 0.324 e. The molecule has 0 fully saturated rings. The molecule has 8 heteroatoms. The molecule has 1 aromatic carbocycles. The molecule has 0 saturated carbocycles. The lowest BCUT2D eigenvalue weighted by molar-refractivity contribution is -0.380. The molecule has 0 radical (unpaired) electrons. The van der Waals surface area contributed by atoms with Gasteiger partial charge in [-0.3, -0.25) is 14.9 Å². The Kier molecular flexibility index (Phi) is 7.67. The molecule has 0 unspecified atom stereocenters. The summed E-state index contributed by atoms with van der Waals surface area (Å²) in [5, 5.41) is 12.2. The van der Waals surface area contributed by atoms with E-state index >= 15 is 0 Å². The van der Waals surface area contributed by atoms with Crippen molar-refractivity contribution in [1.29, 1.82) is 0 Å². The first-order valence-corrected chi connectivity index (χ1v) is 7.76. The Balaban J connectivity index is 0.00000264. The molecule has 1 heterocycles. The van der Waals surface area contributed by atoms with Crippen LogP contribution in [0.2, 0.25) is 0 Å². The summed E-state index contributed by atoms with van der Waals surface area (Å²) < 4.78 is 0. The number of nitro groups is 1. The van der Waals surface area contributed by atoms with Crippen LogP contribution in [0.4, 0.5) is 5.00 Å². The Morgan fingerprint density at radius 2 is 2.00 bits per heavy atom. The predicted molar refractivity (Wildman–Crippen MR) is 93.1 cm³/mol. The van der Waals surface area contributed by atoms with Crippen molar-refractivity contribution in [3.63, 3.8) is 0 Å². The Labute approximate surface area is 144 Å². The van der Waals surface area contributed by atoms with Crippen LogP contribution in [0.25, 0.3) is 0 Å². The van der Waals surface area contributed by atoms with Crippen molar-refractivity contribution in [1.82, 2.24) is 4.90 Å². The van der Waals surface area contributed by atoms with Gasteiger partial charge in [-0.2, -0.15) is 0 Å². The van der Waals surface area contributed by atoms with Crippen molar-refractivity contribution in [2.45, 2.75) is 13.0 Å². The highest BCUT2D eigenvalue weighted by Crippen LogP contribution is 2.24. The lowest BCUT2D eigenvalue weighted by Crippen LogP contribution is -2.32. The van der Waals surface area contributed by atoms with Gasteiger partial charge in [0.05, 0.1) is 10.5 Å². The summed E-state index contributed by atoms with van der Waals surface area (Å²) in [6.45, 7) is 1.47. The van der Waals surface area contributed by atoms with E-state index in [0.717, 1.165) is 16.9 Å². The van der Waals surface area contributed by atoms with Crippen LogP contribution in [0.5, 0.6) is 0 Å². The molecule has 1 aromatic heterocycles. The highest BCUT2D eigenvalue weighted by Gasteiger charge is 2.20. The van der Waals surface area contributed by atoms with Crippen molar-refractivity contribution in [2.24, 2.45) is 5.73 Å². The number of nitrogens with zero attached hydrogens (tertiary/aromatic N) is 2. The zero-order valence-electron chi connectivity index (χ0n) is 12.4. The van der Waals surface area contributed by atoms with E-state index in [1.165, 1.54) is 11.4 Å². The number of nitrogens with two attached hydrogens (primary N) is 1. The Hall–Kier alpha value is -1.96. The number of thiophene rings is 1. The highest BCUT2D eigenvalue weighted by atomic mass is 35.5. The summed E-state index contributed by atoms with van der Waals surface area (Å²) in [7, 11) is 0. The van der Waals surface area contributed by atoms with Crippen molar-refractivity contribution in [3.8, 4) is 0 Å². The SMILES string of the molecule is Cl.NCCCN(Cc1ccccc1)C(=O)c1csc([N+](=O)[O-])c1. The maximum absolute atomic E-state index is 12.6. The molecule has 0 saturated heterocycles. The van der Waals surface area contributed by atoms with Gasteiger partial charge in [0.1, 0.15) is 0 Å². The number of amides is 1. The van der Waals surface area contributed by atoms with Crippen LogP contribution in [0.1, 0.15) is 22.3 Å². The van der Waals surface area contributed by atoms with Gasteiger partial charge in [0.25, 0.3) is 5.91 Å². The lowest BCUT2D eigenvalue weighted by atomic mass is 10.2. The number of benzene rings is 1. The predicted octanol–water partition coefficient (Wildman–Crippen LogP) is 3.07. The Bertz CT molecular complexity index is 648. The molecule has 0 bridgehead atoms. The maximum Gasteiger partial charge on any atom is 0.324 e. The van der Waals surface area contributed by atoms with Crippen LogP contribution in [0.3, 0.4) is 0 Å². The zero-order chi connectivity index (χ0) is 15.9. The maximum atomic E-state index is 12.6. The molecule has 0 spiro atoms. The number of halogens is 1. The zero-order valence-corrected chi connectivity index (χ0v) is 14.0. The molecule has 2 N–H and O–H groups in total. The Morgan fingerprint density at radius 3 is 2.57 bits per heavy atom. The molecule has 124 valence electrons. The van der Waals surface area contributed by atoms with Gasteiger partial charge in [-0.05, 0) is 18.5 Å². The monoisotopic (exact) mass is 355 g/mol. The van der Waals surface area contributed by atoms with E-state index < -0.39 is 4.92 Å². The summed E-state index contributed by atoms with van der Waals surface area (Å²) in [5.74, 6) is -0.207. The van der Waals surface area contributed by atoms with Crippen molar-refractivity contribution < 1.29 is 9.72 Å². The van der Waals surface area contributed by atoms with E-state index in [9.17, 15) is 14.9 Å². The molecule has 0 aliphatic heterocycles. The second kappa shape index (κ2) is 9.24. The standard InChI is InChI=1S/C15H17N3O3S.ClH/c16-7-4-8-17(10-12-5-2-1-3-6-12)15(19)13-9-14(18(20)21)22-11-13;/h1-3,5-6,9,11H,4,7-8,10,16H2;1H. The molecule has 0 aliphatic rings. The molecule has 0 aliphatic carbocycles. The number of hydrogen-bond acceptors (Lipinski definition) is 5. The van der Waals surface area contributed by atoms with Gasteiger partial charge in [0.2, 0.25) is 0 Å². The van der Waals surface area contributed by atoms with E-state index in [-0.39, 0.29) is 23.3 Å². The molecular weight excluding hydrogens is 338 g/mol. The van der Waals surface area contributed by atoms with Crippen molar-refractivity contribution in [2.75, 3.05) is 13.1 Å². The summed E-state index contributed by atoms with van der Waals surface area (Å²) in [6.07, 6.45) is 0.685. The van der Waals surface area contributed by atoms with Crippen LogP contribution in [0, 0.1) is 10.1 Å². The quantitative estimate of drug-likeness (QED) is 0.610. The lowest BCUT2D eigenvalue weighted by Gasteiger charge is -2.22. The van der Waals surface area contributed by atoms with E-state index in [1.807, 2.05) is 30.3 Å². The summed E-state index contributed by atoms with van der Waals surface area (Å²) in [5.41, 5.74) is 6.89. The van der Waals surface area contributed by atoms with E-state index in [1.54, 1.807) is 4.90 Å². The average molecular weight is 356 g/mol. The minimum absolute atomic E-state index is 0. The normalized spacial score (nSPS) is 9.96. The fourth-order valence-electron chi connectivity index (χ4n) is 2.05. The summed E-state index contributed by atoms with van der Waals surface area (Å²) >= 11 is 0.962. The van der Waals surface area contributed by atoms with Gasteiger partial charge in [0.15, 0.2) is 0 Å². The van der Waals surface area contributed by atoms with Crippen LogP contribution in [0.15, 0.2) is 41.8 Å². The molecule has 2 rings (SSSR count). The largest absolute Gasteiger partial charge is 0.334 e. The molecule has 6 nitrogen and oxygen atoms in total. The van der Waals surface area contributed by atoms with Gasteiger partial charge < -0.3 is 10.6 Å². The van der Waals surface area contributed by atoms with Gasteiger partial charge in [-0.1, -0.05) is 41.7 Å². The Morgan fingerprint density at radius 1 is 1.30 bits per heavy atom. The topological polar surface area (TPSA) is 89.5 Å². The van der Waals surface area contributed by atoms with Crippen LogP contribution < -0.4 is 5.73 Å². The van der Waals surface area contributed by atoms with Crippen LogP contribution >= 0.6 is 23.7 Å². The van der Waals surface area contributed by atoms with Gasteiger partial charge >= 0.3 is 5.00 Å². The van der Waals surface area contributed by atoms with Gasteiger partial charge in [-0.25, -0.2) is 0 Å². The highest BCUT2D eigenvalue weighted by molar-refractivity contribution is 7.13. The number of hydrogen-bond donors (Lipinski definition) is 1. The summed E-state index contributed by atoms with van der Waals surface area (Å²) in [6, 6.07) is 11.0. The van der Waals surface area contributed by atoms with E-state index in [2.05, 4.69) is 0 Å². The first kappa shape index (κ1) is 19.1. The fraction of sp³-hybridized carbons (Fsp3) is 0.267. The van der Waals surface area contributed by atoms with Crippen LogP contribution in [-0.4, -0.2) is 28.8 Å². The number of carbonyl (C=O) groups is 1. The van der Waals surface area contributed by atoms with E-state index in [0.29, 0.717) is 31.6 Å². The second-order valence-electron chi connectivity index (χ2n) is 4.79. The first-order chi connectivity index (χ1) is 10.6. The molecular formula is C15H18ClN3O3S. The van der Waals surface area contributed by atoms with E-state index in [4.69, 9.17) is 5.73 Å². The number of carbonyl (C=O) groups excluding carboxylic acids is 1. The van der Waals surface area contributed by atoms with Gasteiger partial charge in [-0.15, -0.1) is 12.4 Å². The van der Waals surface area contributed by atoms with Gasteiger partial charge in [0, 0.05) is 24.5 Å². The van der Waals surface area contributed by atoms with Crippen molar-refractivity contribution >= 4 is 34.7 Å². The first-order valence-electron chi connectivity index (χ1n) is 6.88. The van der Waals surface area contributed by atoms with Crippen molar-refractivity contribution in [3.05, 3.63) is 63.0 Å².